The maximum atomic E-state index is 12.6. The number of fused-ring (bicyclic) bond motifs is 1. The van der Waals surface area contributed by atoms with Crippen LogP contribution in [0.4, 0.5) is 10.5 Å². The lowest BCUT2D eigenvalue weighted by atomic mass is 10.0. The highest BCUT2D eigenvalue weighted by molar-refractivity contribution is 5.74. The second-order valence-corrected chi connectivity index (χ2v) is 8.57. The van der Waals surface area contributed by atoms with Crippen LogP contribution in [0.15, 0.2) is 36.4 Å². The Labute approximate surface area is 190 Å². The summed E-state index contributed by atoms with van der Waals surface area (Å²) in [6.07, 6.45) is 3.52. The molecule has 2 aromatic rings. The SMILES string of the molecule is COc1ccc(CNC(=O)NC[C@H](c2ccc3c(c2)CCN3C)N2CCCC2)cc1OC. The number of urea groups is 1. The van der Waals surface area contributed by atoms with Crippen molar-refractivity contribution < 1.29 is 14.3 Å². The normalized spacial score (nSPS) is 16.5. The zero-order chi connectivity index (χ0) is 22.5. The minimum absolute atomic E-state index is 0.162. The highest BCUT2D eigenvalue weighted by Gasteiger charge is 2.26. The lowest BCUT2D eigenvalue weighted by Gasteiger charge is -2.29. The molecule has 4 rings (SSSR count). The first-order valence-corrected chi connectivity index (χ1v) is 11.4. The summed E-state index contributed by atoms with van der Waals surface area (Å²) in [5.74, 6) is 1.33. The summed E-state index contributed by atoms with van der Waals surface area (Å²) in [4.78, 5) is 17.4. The number of hydrogen-bond donors (Lipinski definition) is 2. The average Bonchev–Trinajstić information content (AvgIpc) is 3.48. The largest absolute Gasteiger partial charge is 0.493 e. The summed E-state index contributed by atoms with van der Waals surface area (Å²) >= 11 is 0. The number of likely N-dealkylation sites (N-methyl/N-ethyl adjacent to an activating group) is 1. The van der Waals surface area contributed by atoms with E-state index in [1.807, 2.05) is 18.2 Å². The first-order valence-electron chi connectivity index (χ1n) is 11.4. The Kier molecular flexibility index (Phi) is 7.05. The van der Waals surface area contributed by atoms with Gasteiger partial charge in [0.15, 0.2) is 11.5 Å². The Hall–Kier alpha value is -2.93. The van der Waals surface area contributed by atoms with Gasteiger partial charge in [-0.3, -0.25) is 4.90 Å². The van der Waals surface area contributed by atoms with Crippen LogP contribution in [0.5, 0.6) is 11.5 Å². The van der Waals surface area contributed by atoms with Crippen molar-refractivity contribution in [2.24, 2.45) is 0 Å². The number of ether oxygens (including phenoxy) is 2. The molecule has 1 atom stereocenters. The predicted octanol–water partition coefficient (Wildman–Crippen LogP) is 3.33. The minimum atomic E-state index is -0.162. The van der Waals surface area contributed by atoms with Crippen LogP contribution in [-0.4, -0.2) is 58.4 Å². The quantitative estimate of drug-likeness (QED) is 0.662. The molecule has 1 saturated heterocycles. The Balaban J connectivity index is 1.38. The summed E-state index contributed by atoms with van der Waals surface area (Å²) in [6, 6.07) is 12.5. The third kappa shape index (κ3) is 4.93. The zero-order valence-corrected chi connectivity index (χ0v) is 19.3. The molecule has 7 nitrogen and oxygen atoms in total. The van der Waals surface area contributed by atoms with E-state index in [9.17, 15) is 4.79 Å². The van der Waals surface area contributed by atoms with E-state index >= 15 is 0 Å². The predicted molar refractivity (Wildman–Crippen MR) is 127 cm³/mol. The Morgan fingerprint density at radius 3 is 2.53 bits per heavy atom. The van der Waals surface area contributed by atoms with Gasteiger partial charge < -0.3 is 25.0 Å². The molecule has 1 fully saturated rings. The summed E-state index contributed by atoms with van der Waals surface area (Å²) in [6.45, 7) is 4.25. The van der Waals surface area contributed by atoms with Gasteiger partial charge in [-0.25, -0.2) is 4.79 Å². The molecule has 32 heavy (non-hydrogen) atoms. The fourth-order valence-corrected chi connectivity index (χ4v) is 4.73. The van der Waals surface area contributed by atoms with Crippen LogP contribution in [0, 0.1) is 0 Å². The van der Waals surface area contributed by atoms with Crippen LogP contribution in [0.2, 0.25) is 0 Å². The van der Waals surface area contributed by atoms with Crippen molar-refractivity contribution in [3.05, 3.63) is 53.1 Å². The molecule has 0 aromatic heterocycles. The van der Waals surface area contributed by atoms with Crippen molar-refractivity contribution in [2.45, 2.75) is 31.8 Å². The molecule has 172 valence electrons. The molecule has 2 heterocycles. The van der Waals surface area contributed by atoms with Gasteiger partial charge in [0, 0.05) is 32.4 Å². The van der Waals surface area contributed by atoms with Crippen LogP contribution >= 0.6 is 0 Å². The molecule has 0 bridgehead atoms. The van der Waals surface area contributed by atoms with Crippen molar-refractivity contribution in [3.8, 4) is 11.5 Å². The van der Waals surface area contributed by atoms with Gasteiger partial charge in [-0.2, -0.15) is 0 Å². The standard InChI is InChI=1S/C25H34N4O3/c1-28-13-10-20-15-19(7-8-21(20)28)22(29-11-4-5-12-29)17-27-25(30)26-16-18-6-9-23(31-2)24(14-18)32-3/h6-9,14-15,22H,4-5,10-13,16-17H2,1-3H3,(H2,26,27,30)/t22-/m1/s1. The van der Waals surface area contributed by atoms with Crippen molar-refractivity contribution in [2.75, 3.05) is 52.3 Å². The number of nitrogens with one attached hydrogen (secondary N) is 2. The van der Waals surface area contributed by atoms with Crippen LogP contribution < -0.4 is 25.0 Å². The minimum Gasteiger partial charge on any atom is -0.493 e. The monoisotopic (exact) mass is 438 g/mol. The van der Waals surface area contributed by atoms with Crippen molar-refractivity contribution in [1.82, 2.24) is 15.5 Å². The van der Waals surface area contributed by atoms with Crippen molar-refractivity contribution >= 4 is 11.7 Å². The third-order valence-corrected chi connectivity index (χ3v) is 6.55. The van der Waals surface area contributed by atoms with Crippen LogP contribution in [0.1, 0.15) is 35.6 Å². The summed E-state index contributed by atoms with van der Waals surface area (Å²) in [5, 5.41) is 6.06. The molecular weight excluding hydrogens is 404 g/mol. The van der Waals surface area contributed by atoms with Gasteiger partial charge in [-0.05, 0) is 67.2 Å². The van der Waals surface area contributed by atoms with Gasteiger partial charge >= 0.3 is 6.03 Å². The molecule has 0 radical (unpaired) electrons. The molecule has 0 unspecified atom stereocenters. The maximum absolute atomic E-state index is 12.6. The first-order chi connectivity index (χ1) is 15.6. The lowest BCUT2D eigenvalue weighted by molar-refractivity contribution is 0.220. The molecular formula is C25H34N4O3. The van der Waals surface area contributed by atoms with E-state index in [4.69, 9.17) is 9.47 Å². The highest BCUT2D eigenvalue weighted by Crippen LogP contribution is 2.32. The van der Waals surface area contributed by atoms with E-state index in [1.165, 1.54) is 29.7 Å². The summed E-state index contributed by atoms with van der Waals surface area (Å²) < 4.78 is 10.6. The second-order valence-electron chi connectivity index (χ2n) is 8.57. The van der Waals surface area contributed by atoms with Gasteiger partial charge in [0.25, 0.3) is 0 Å². The smallest absolute Gasteiger partial charge is 0.315 e. The third-order valence-electron chi connectivity index (χ3n) is 6.55. The summed E-state index contributed by atoms with van der Waals surface area (Å²) in [5.41, 5.74) is 4.99. The molecule has 2 amide bonds. The number of carbonyl (C=O) groups is 1. The van der Waals surface area contributed by atoms with Crippen molar-refractivity contribution in [1.29, 1.82) is 0 Å². The van der Waals surface area contributed by atoms with E-state index in [0.29, 0.717) is 24.6 Å². The van der Waals surface area contributed by atoms with Gasteiger partial charge in [-0.15, -0.1) is 0 Å². The average molecular weight is 439 g/mol. The van der Waals surface area contributed by atoms with Crippen molar-refractivity contribution in [3.63, 3.8) is 0 Å². The topological polar surface area (TPSA) is 66.1 Å². The molecule has 2 aliphatic heterocycles. The Morgan fingerprint density at radius 1 is 1.00 bits per heavy atom. The molecule has 0 saturated carbocycles. The number of nitrogens with zero attached hydrogens (tertiary/aromatic N) is 2. The van der Waals surface area contributed by atoms with E-state index in [-0.39, 0.29) is 12.1 Å². The number of amides is 2. The lowest BCUT2D eigenvalue weighted by Crippen LogP contribution is -2.41. The van der Waals surface area contributed by atoms with Gasteiger partial charge in [0.05, 0.1) is 20.3 Å². The van der Waals surface area contributed by atoms with Gasteiger partial charge in [-0.1, -0.05) is 18.2 Å². The highest BCUT2D eigenvalue weighted by atomic mass is 16.5. The summed E-state index contributed by atoms with van der Waals surface area (Å²) in [7, 11) is 5.37. The fourth-order valence-electron chi connectivity index (χ4n) is 4.73. The Morgan fingerprint density at radius 2 is 1.78 bits per heavy atom. The number of rotatable bonds is 8. The maximum Gasteiger partial charge on any atom is 0.315 e. The zero-order valence-electron chi connectivity index (χ0n) is 19.3. The van der Waals surface area contributed by atoms with Crippen LogP contribution in [0.25, 0.3) is 0 Å². The second kappa shape index (κ2) is 10.1. The number of benzene rings is 2. The fraction of sp³-hybridized carbons (Fsp3) is 0.480. The van der Waals surface area contributed by atoms with Gasteiger partial charge in [0.2, 0.25) is 0 Å². The number of hydrogen-bond acceptors (Lipinski definition) is 5. The number of methoxy groups -OCH3 is 2. The van der Waals surface area contributed by atoms with Crippen LogP contribution in [-0.2, 0) is 13.0 Å². The molecule has 2 aromatic carbocycles. The van der Waals surface area contributed by atoms with E-state index < -0.39 is 0 Å². The molecule has 7 heteroatoms. The number of likely N-dealkylation sites (tertiary alicyclic amines) is 1. The number of carbonyl (C=O) groups excluding carboxylic acids is 1. The van der Waals surface area contributed by atoms with Gasteiger partial charge in [0.1, 0.15) is 0 Å². The number of anilines is 1. The van der Waals surface area contributed by atoms with E-state index in [2.05, 4.69) is 45.7 Å². The molecule has 2 aliphatic rings. The van der Waals surface area contributed by atoms with Crippen LogP contribution in [0.3, 0.4) is 0 Å². The molecule has 0 aliphatic carbocycles. The Bertz CT molecular complexity index is 943. The van der Waals surface area contributed by atoms with E-state index in [1.54, 1.807) is 14.2 Å². The van der Waals surface area contributed by atoms with E-state index in [0.717, 1.165) is 31.6 Å². The molecule has 0 spiro atoms. The first kappa shape index (κ1) is 22.3. The molecule has 2 N–H and O–H groups in total.